The Morgan fingerprint density at radius 2 is 2.14 bits per heavy atom. The van der Waals surface area contributed by atoms with Gasteiger partial charge in [-0.05, 0) is 23.7 Å². The zero-order valence-electron chi connectivity index (χ0n) is 7.25. The summed E-state index contributed by atoms with van der Waals surface area (Å²) in [7, 11) is 0. The first-order chi connectivity index (χ1) is 6.86. The highest BCUT2D eigenvalue weighted by Gasteiger charge is 2.07. The van der Waals surface area contributed by atoms with E-state index in [1.807, 2.05) is 0 Å². The molecular formula is C9H7N3OS. The van der Waals surface area contributed by atoms with Crippen molar-refractivity contribution in [3.05, 3.63) is 41.2 Å². The van der Waals surface area contributed by atoms with Crippen LogP contribution in [0.2, 0.25) is 0 Å². The molecule has 0 spiro atoms. The van der Waals surface area contributed by atoms with Gasteiger partial charge in [0.05, 0.1) is 12.1 Å². The lowest BCUT2D eigenvalue weighted by atomic mass is 10.1. The molecule has 0 aliphatic carbocycles. The van der Waals surface area contributed by atoms with Crippen molar-refractivity contribution >= 4 is 17.3 Å². The molecule has 70 valence electrons. The standard InChI is InChI=1S/C9H7N3OS/c13-9(5-8-6-14-12-11-8)7-1-3-10-4-2-7/h1-4,6H,5H2. The maximum absolute atomic E-state index is 11.6. The van der Waals surface area contributed by atoms with Crippen LogP contribution in [-0.2, 0) is 6.42 Å². The van der Waals surface area contributed by atoms with Gasteiger partial charge in [0.15, 0.2) is 5.78 Å². The van der Waals surface area contributed by atoms with E-state index in [4.69, 9.17) is 0 Å². The average molecular weight is 205 g/mol. The Morgan fingerprint density at radius 3 is 2.79 bits per heavy atom. The molecule has 0 aliphatic rings. The molecule has 0 saturated carbocycles. The monoisotopic (exact) mass is 205 g/mol. The van der Waals surface area contributed by atoms with E-state index in [0.717, 1.165) is 5.69 Å². The lowest BCUT2D eigenvalue weighted by molar-refractivity contribution is 0.0992. The number of hydrogen-bond donors (Lipinski definition) is 0. The van der Waals surface area contributed by atoms with E-state index in [-0.39, 0.29) is 5.78 Å². The van der Waals surface area contributed by atoms with Crippen LogP contribution >= 0.6 is 11.5 Å². The van der Waals surface area contributed by atoms with Crippen LogP contribution in [0.25, 0.3) is 0 Å². The van der Waals surface area contributed by atoms with E-state index < -0.39 is 0 Å². The highest BCUT2D eigenvalue weighted by atomic mass is 32.1. The molecule has 0 radical (unpaired) electrons. The molecule has 0 aromatic carbocycles. The third kappa shape index (κ3) is 2.00. The van der Waals surface area contributed by atoms with Crippen molar-refractivity contribution in [2.45, 2.75) is 6.42 Å². The van der Waals surface area contributed by atoms with Crippen LogP contribution in [0.15, 0.2) is 29.9 Å². The van der Waals surface area contributed by atoms with E-state index in [1.165, 1.54) is 11.5 Å². The summed E-state index contributed by atoms with van der Waals surface area (Å²) in [5, 5.41) is 5.59. The first-order valence-electron chi connectivity index (χ1n) is 4.05. The van der Waals surface area contributed by atoms with Gasteiger partial charge in [-0.15, -0.1) is 5.10 Å². The van der Waals surface area contributed by atoms with Crippen molar-refractivity contribution in [1.82, 2.24) is 14.6 Å². The second-order valence-corrected chi connectivity index (χ2v) is 3.34. The lowest BCUT2D eigenvalue weighted by Crippen LogP contribution is -2.03. The van der Waals surface area contributed by atoms with Crippen molar-refractivity contribution < 1.29 is 4.79 Å². The van der Waals surface area contributed by atoms with E-state index in [0.29, 0.717) is 12.0 Å². The Labute approximate surface area is 84.8 Å². The van der Waals surface area contributed by atoms with Crippen LogP contribution < -0.4 is 0 Å². The predicted octanol–water partition coefficient (Wildman–Crippen LogP) is 1.36. The summed E-state index contributed by atoms with van der Waals surface area (Å²) in [5.41, 5.74) is 1.38. The summed E-state index contributed by atoms with van der Waals surface area (Å²) in [6, 6.07) is 3.39. The van der Waals surface area contributed by atoms with Gasteiger partial charge in [0.2, 0.25) is 0 Å². The van der Waals surface area contributed by atoms with Gasteiger partial charge >= 0.3 is 0 Å². The van der Waals surface area contributed by atoms with Crippen LogP contribution in [0.4, 0.5) is 0 Å². The van der Waals surface area contributed by atoms with Crippen LogP contribution in [0.1, 0.15) is 16.1 Å². The molecular weight excluding hydrogens is 198 g/mol. The molecule has 0 N–H and O–H groups in total. The Morgan fingerprint density at radius 1 is 1.36 bits per heavy atom. The summed E-state index contributed by atoms with van der Waals surface area (Å²) in [5.74, 6) is 0.0418. The van der Waals surface area contributed by atoms with Crippen molar-refractivity contribution in [2.24, 2.45) is 0 Å². The summed E-state index contributed by atoms with van der Waals surface area (Å²) >= 11 is 1.25. The minimum atomic E-state index is 0.0418. The Kier molecular flexibility index (Phi) is 2.60. The van der Waals surface area contributed by atoms with Gasteiger partial charge < -0.3 is 0 Å². The molecule has 2 heterocycles. The molecule has 0 amide bonds. The third-order valence-electron chi connectivity index (χ3n) is 1.75. The number of pyridine rings is 1. The van der Waals surface area contributed by atoms with Gasteiger partial charge in [0, 0.05) is 23.3 Å². The molecule has 2 aromatic heterocycles. The third-order valence-corrected chi connectivity index (χ3v) is 2.30. The predicted molar refractivity (Wildman–Crippen MR) is 52.2 cm³/mol. The maximum Gasteiger partial charge on any atom is 0.169 e. The van der Waals surface area contributed by atoms with Crippen molar-refractivity contribution in [3.8, 4) is 0 Å². The Hall–Kier alpha value is -1.62. The second kappa shape index (κ2) is 4.06. The second-order valence-electron chi connectivity index (χ2n) is 2.73. The molecule has 14 heavy (non-hydrogen) atoms. The average Bonchev–Trinajstić information content (AvgIpc) is 2.72. The summed E-state index contributed by atoms with van der Waals surface area (Å²) < 4.78 is 3.70. The smallest absolute Gasteiger partial charge is 0.169 e. The largest absolute Gasteiger partial charge is 0.294 e. The van der Waals surface area contributed by atoms with Gasteiger partial charge in [0.25, 0.3) is 0 Å². The van der Waals surface area contributed by atoms with E-state index >= 15 is 0 Å². The van der Waals surface area contributed by atoms with Gasteiger partial charge in [-0.1, -0.05) is 4.49 Å². The summed E-state index contributed by atoms with van der Waals surface area (Å²) in [6.45, 7) is 0. The van der Waals surface area contributed by atoms with E-state index in [1.54, 1.807) is 29.9 Å². The Balaban J connectivity index is 2.11. The van der Waals surface area contributed by atoms with Crippen LogP contribution in [-0.4, -0.2) is 20.4 Å². The Bertz CT molecular complexity index is 413. The van der Waals surface area contributed by atoms with Crippen molar-refractivity contribution in [3.63, 3.8) is 0 Å². The molecule has 0 aliphatic heterocycles. The zero-order chi connectivity index (χ0) is 9.80. The molecule has 0 saturated heterocycles. The molecule has 2 aromatic rings. The number of aromatic nitrogens is 3. The van der Waals surface area contributed by atoms with Crippen LogP contribution in [0.5, 0.6) is 0 Å². The molecule has 5 heteroatoms. The number of ketones is 1. The SMILES string of the molecule is O=C(Cc1csnn1)c1ccncc1. The topological polar surface area (TPSA) is 55.7 Å². The minimum absolute atomic E-state index is 0.0418. The lowest BCUT2D eigenvalue weighted by Gasteiger charge is -1.96. The first-order valence-corrected chi connectivity index (χ1v) is 4.89. The molecule has 0 bridgehead atoms. The van der Waals surface area contributed by atoms with Crippen LogP contribution in [0.3, 0.4) is 0 Å². The zero-order valence-corrected chi connectivity index (χ0v) is 8.07. The van der Waals surface area contributed by atoms with E-state index in [2.05, 4.69) is 14.6 Å². The fraction of sp³-hybridized carbons (Fsp3) is 0.111. The fourth-order valence-corrected chi connectivity index (χ4v) is 1.52. The summed E-state index contributed by atoms with van der Waals surface area (Å²) in [6.07, 6.45) is 3.51. The number of nitrogens with zero attached hydrogens (tertiary/aromatic N) is 3. The molecule has 0 atom stereocenters. The van der Waals surface area contributed by atoms with Gasteiger partial charge in [-0.25, -0.2) is 0 Å². The maximum atomic E-state index is 11.6. The molecule has 0 unspecified atom stereocenters. The first kappa shape index (κ1) is 8.96. The highest BCUT2D eigenvalue weighted by molar-refractivity contribution is 7.03. The molecule has 2 rings (SSSR count). The van der Waals surface area contributed by atoms with Gasteiger partial charge in [-0.2, -0.15) is 0 Å². The quantitative estimate of drug-likeness (QED) is 0.710. The van der Waals surface area contributed by atoms with Crippen LogP contribution in [0, 0.1) is 0 Å². The van der Waals surface area contributed by atoms with Crippen molar-refractivity contribution in [2.75, 3.05) is 0 Å². The number of hydrogen-bond acceptors (Lipinski definition) is 5. The number of Topliss-reactive ketones (excluding diaryl/α,β-unsaturated/α-hetero) is 1. The normalized spacial score (nSPS) is 10.0. The number of rotatable bonds is 3. The number of carbonyl (C=O) groups excluding carboxylic acids is 1. The summed E-state index contributed by atoms with van der Waals surface area (Å²) in [4.78, 5) is 15.5. The van der Waals surface area contributed by atoms with Crippen molar-refractivity contribution in [1.29, 1.82) is 0 Å². The highest BCUT2D eigenvalue weighted by Crippen LogP contribution is 2.05. The fourth-order valence-electron chi connectivity index (χ4n) is 1.07. The molecule has 0 fully saturated rings. The minimum Gasteiger partial charge on any atom is -0.294 e. The number of carbonyl (C=O) groups is 1. The van der Waals surface area contributed by atoms with Gasteiger partial charge in [-0.3, -0.25) is 9.78 Å². The molecule has 4 nitrogen and oxygen atoms in total. The van der Waals surface area contributed by atoms with E-state index in [9.17, 15) is 4.79 Å². The van der Waals surface area contributed by atoms with Gasteiger partial charge in [0.1, 0.15) is 0 Å².